The zero-order valence-corrected chi connectivity index (χ0v) is 20.3. The molecule has 9 nitrogen and oxygen atoms in total. The van der Waals surface area contributed by atoms with Gasteiger partial charge in [-0.05, 0) is 0 Å². The number of ether oxygens (including phenoxy) is 6. The van der Waals surface area contributed by atoms with E-state index in [9.17, 15) is 9.59 Å². The highest BCUT2D eigenvalue weighted by Gasteiger charge is 2.18. The van der Waals surface area contributed by atoms with Gasteiger partial charge in [0.25, 0.3) is 0 Å². The zero-order chi connectivity index (χ0) is 25.6. The van der Waals surface area contributed by atoms with E-state index in [1.54, 1.807) is 7.11 Å². The molecule has 9 heteroatoms. The van der Waals surface area contributed by atoms with Crippen LogP contribution in [0.15, 0.2) is 61.2 Å². The third-order valence-electron chi connectivity index (χ3n) is 5.09. The first-order valence-electron chi connectivity index (χ1n) is 11.6. The molecule has 0 heterocycles. The second kappa shape index (κ2) is 14.7. The van der Waals surface area contributed by atoms with Gasteiger partial charge in [-0.3, -0.25) is 0 Å². The standard InChI is InChI=1S/C27H31NO8/c1-3-24(29)34-19-17-33-16-15-32-13-12-28-27(30)36-26-22-10-6-4-8-20(22)25(35-18-14-31-2)21-9-5-7-11-23(21)26/h3-11H,1,12-19H2,2H3,(H,28,30). The number of fused-ring (bicyclic) bond motifs is 2. The van der Waals surface area contributed by atoms with Gasteiger partial charge in [0.15, 0.2) is 0 Å². The highest BCUT2D eigenvalue weighted by atomic mass is 16.6. The topological polar surface area (TPSA) is 102 Å². The molecule has 3 aromatic carbocycles. The summed E-state index contributed by atoms with van der Waals surface area (Å²) in [5, 5.41) is 5.93. The lowest BCUT2D eigenvalue weighted by Crippen LogP contribution is -2.30. The molecule has 0 unspecified atom stereocenters. The molecule has 0 fully saturated rings. The van der Waals surface area contributed by atoms with Crippen LogP contribution in [0, 0.1) is 0 Å². The van der Waals surface area contributed by atoms with E-state index in [0.717, 1.165) is 33.4 Å². The summed E-state index contributed by atoms with van der Waals surface area (Å²) in [6.45, 7) is 5.84. The van der Waals surface area contributed by atoms with Gasteiger partial charge in [0.2, 0.25) is 0 Å². The average molecular weight is 498 g/mol. The molecule has 0 aliphatic heterocycles. The summed E-state index contributed by atoms with van der Waals surface area (Å²) in [4.78, 5) is 23.5. The minimum absolute atomic E-state index is 0.155. The van der Waals surface area contributed by atoms with Crippen molar-refractivity contribution in [3.8, 4) is 11.5 Å². The summed E-state index contributed by atoms with van der Waals surface area (Å²) in [6, 6.07) is 15.3. The smallest absolute Gasteiger partial charge is 0.412 e. The Morgan fingerprint density at radius 2 is 1.33 bits per heavy atom. The van der Waals surface area contributed by atoms with Crippen LogP contribution in [0.4, 0.5) is 4.79 Å². The van der Waals surface area contributed by atoms with E-state index in [1.807, 2.05) is 48.5 Å². The van der Waals surface area contributed by atoms with Gasteiger partial charge in [-0.15, -0.1) is 0 Å². The number of rotatable bonds is 15. The van der Waals surface area contributed by atoms with Crippen LogP contribution < -0.4 is 14.8 Å². The number of methoxy groups -OCH3 is 1. The Kier molecular flexibility index (Phi) is 11.0. The molecule has 36 heavy (non-hydrogen) atoms. The maximum atomic E-state index is 12.6. The number of nitrogens with one attached hydrogen (secondary N) is 1. The molecule has 0 bridgehead atoms. The van der Waals surface area contributed by atoms with E-state index < -0.39 is 12.1 Å². The molecule has 0 saturated carbocycles. The first-order chi connectivity index (χ1) is 17.7. The van der Waals surface area contributed by atoms with Crippen molar-refractivity contribution in [3.05, 3.63) is 61.2 Å². The molecule has 0 saturated heterocycles. The van der Waals surface area contributed by atoms with Crippen LogP contribution in [0.25, 0.3) is 21.5 Å². The molecule has 3 rings (SSSR count). The molecule has 0 aliphatic rings. The minimum Gasteiger partial charge on any atom is -0.490 e. The first-order valence-corrected chi connectivity index (χ1v) is 11.6. The first kappa shape index (κ1) is 26.9. The zero-order valence-electron chi connectivity index (χ0n) is 20.3. The Bertz CT molecular complexity index is 1110. The predicted octanol–water partition coefficient (Wildman–Crippen LogP) is 3.87. The summed E-state index contributed by atoms with van der Waals surface area (Å²) >= 11 is 0. The quantitative estimate of drug-likeness (QED) is 0.146. The number of hydrogen-bond donors (Lipinski definition) is 1. The largest absolute Gasteiger partial charge is 0.490 e. The number of amides is 1. The van der Waals surface area contributed by atoms with Gasteiger partial charge in [-0.1, -0.05) is 55.1 Å². The molecular formula is C27H31NO8. The summed E-state index contributed by atoms with van der Waals surface area (Å²) in [6.07, 6.45) is 0.516. The number of carbonyl (C=O) groups is 2. The molecule has 0 atom stereocenters. The molecule has 0 aliphatic carbocycles. The van der Waals surface area contributed by atoms with Crippen molar-refractivity contribution in [2.75, 3.05) is 59.9 Å². The van der Waals surface area contributed by atoms with Gasteiger partial charge in [-0.25, -0.2) is 9.59 Å². The third kappa shape index (κ3) is 7.67. The van der Waals surface area contributed by atoms with Gasteiger partial charge >= 0.3 is 12.1 Å². The monoisotopic (exact) mass is 497 g/mol. The van der Waals surface area contributed by atoms with Crippen molar-refractivity contribution in [3.63, 3.8) is 0 Å². The molecule has 1 amide bonds. The Hall–Kier alpha value is -3.66. The maximum absolute atomic E-state index is 12.6. The molecule has 0 spiro atoms. The molecule has 0 radical (unpaired) electrons. The Labute approximate surface area is 209 Å². The minimum atomic E-state index is -0.581. The van der Waals surface area contributed by atoms with Gasteiger partial charge in [-0.2, -0.15) is 0 Å². The predicted molar refractivity (Wildman–Crippen MR) is 136 cm³/mol. The van der Waals surface area contributed by atoms with Crippen LogP contribution in [0.2, 0.25) is 0 Å². The van der Waals surface area contributed by atoms with Crippen molar-refractivity contribution in [2.24, 2.45) is 0 Å². The maximum Gasteiger partial charge on any atom is 0.412 e. The third-order valence-corrected chi connectivity index (χ3v) is 5.09. The summed E-state index contributed by atoms with van der Waals surface area (Å²) in [7, 11) is 1.63. The van der Waals surface area contributed by atoms with Gasteiger partial charge in [0.05, 0.1) is 33.0 Å². The number of hydrogen-bond acceptors (Lipinski definition) is 8. The lowest BCUT2D eigenvalue weighted by Gasteiger charge is -2.17. The van der Waals surface area contributed by atoms with E-state index in [0.29, 0.717) is 32.2 Å². The summed E-state index contributed by atoms with van der Waals surface area (Å²) in [5.74, 6) is 0.699. The van der Waals surface area contributed by atoms with E-state index in [1.165, 1.54) is 0 Å². The van der Waals surface area contributed by atoms with Crippen molar-refractivity contribution in [1.29, 1.82) is 0 Å². The Morgan fingerprint density at radius 1 is 0.778 bits per heavy atom. The molecule has 0 aromatic heterocycles. The fourth-order valence-corrected chi connectivity index (χ4v) is 3.48. The van der Waals surface area contributed by atoms with Crippen molar-refractivity contribution >= 4 is 33.6 Å². The molecule has 192 valence electrons. The van der Waals surface area contributed by atoms with Gasteiger partial charge in [0, 0.05) is 41.3 Å². The number of esters is 1. The van der Waals surface area contributed by atoms with E-state index in [2.05, 4.69) is 11.9 Å². The molecule has 1 N–H and O–H groups in total. The van der Waals surface area contributed by atoms with Crippen molar-refractivity contribution in [1.82, 2.24) is 5.32 Å². The van der Waals surface area contributed by atoms with E-state index in [4.69, 9.17) is 28.4 Å². The average Bonchev–Trinajstić information content (AvgIpc) is 2.91. The number of carbonyl (C=O) groups excluding carboxylic acids is 2. The van der Waals surface area contributed by atoms with Crippen LogP contribution >= 0.6 is 0 Å². The van der Waals surface area contributed by atoms with Crippen LogP contribution in [0.1, 0.15) is 0 Å². The Balaban J connectivity index is 1.54. The normalized spacial score (nSPS) is 10.8. The SMILES string of the molecule is C=CC(=O)OCCOCCOCCNC(=O)Oc1c2ccccc2c(OCCOC)c2ccccc12. The second-order valence-corrected chi connectivity index (χ2v) is 7.50. The number of benzene rings is 3. The highest BCUT2D eigenvalue weighted by molar-refractivity contribution is 6.11. The molecular weight excluding hydrogens is 466 g/mol. The van der Waals surface area contributed by atoms with Crippen molar-refractivity contribution < 1.29 is 38.0 Å². The summed E-state index contributed by atoms with van der Waals surface area (Å²) in [5.41, 5.74) is 0. The highest BCUT2D eigenvalue weighted by Crippen LogP contribution is 2.42. The van der Waals surface area contributed by atoms with E-state index >= 15 is 0 Å². The van der Waals surface area contributed by atoms with Crippen molar-refractivity contribution in [2.45, 2.75) is 0 Å². The van der Waals surface area contributed by atoms with Crippen LogP contribution in [0.5, 0.6) is 11.5 Å². The fourth-order valence-electron chi connectivity index (χ4n) is 3.48. The van der Waals surface area contributed by atoms with Crippen LogP contribution in [0.3, 0.4) is 0 Å². The Morgan fingerprint density at radius 3 is 1.92 bits per heavy atom. The lowest BCUT2D eigenvalue weighted by atomic mass is 10.0. The lowest BCUT2D eigenvalue weighted by molar-refractivity contribution is -0.139. The van der Waals surface area contributed by atoms with E-state index in [-0.39, 0.29) is 26.4 Å². The summed E-state index contributed by atoms with van der Waals surface area (Å²) < 4.78 is 32.5. The van der Waals surface area contributed by atoms with Crippen LogP contribution in [-0.2, 0) is 23.7 Å². The van der Waals surface area contributed by atoms with Gasteiger partial charge in [0.1, 0.15) is 24.7 Å². The fraction of sp³-hybridized carbons (Fsp3) is 0.333. The van der Waals surface area contributed by atoms with Gasteiger partial charge < -0.3 is 33.7 Å². The molecule has 3 aromatic rings. The second-order valence-electron chi connectivity index (χ2n) is 7.50. The van der Waals surface area contributed by atoms with Crippen LogP contribution in [-0.4, -0.2) is 72.0 Å².